The standard InChI is InChI=1S/C19H24N2O6S2/c1-26-16-4-8-18(9-5-16)28(22,23)20-12-3-13-21(15-14-20)29(24,25)19-10-6-17(27-2)7-11-19/h4-11H,3,12-15H2,1-2H3. The summed E-state index contributed by atoms with van der Waals surface area (Å²) in [4.78, 5) is 0.314. The van der Waals surface area contributed by atoms with Crippen LogP contribution in [0.5, 0.6) is 11.5 Å². The van der Waals surface area contributed by atoms with Crippen LogP contribution in [0.15, 0.2) is 58.3 Å². The molecule has 1 saturated heterocycles. The summed E-state index contributed by atoms with van der Waals surface area (Å²) in [5.41, 5.74) is 0. The Hall–Kier alpha value is -2.14. The minimum atomic E-state index is -3.71. The minimum Gasteiger partial charge on any atom is -0.497 e. The van der Waals surface area contributed by atoms with Gasteiger partial charge in [-0.2, -0.15) is 8.61 Å². The highest BCUT2D eigenvalue weighted by atomic mass is 32.2. The third kappa shape index (κ3) is 4.55. The van der Waals surface area contributed by atoms with Gasteiger partial charge in [-0.05, 0) is 55.0 Å². The molecule has 1 aliphatic heterocycles. The monoisotopic (exact) mass is 440 g/mol. The van der Waals surface area contributed by atoms with E-state index in [0.29, 0.717) is 17.9 Å². The van der Waals surface area contributed by atoms with Crippen molar-refractivity contribution in [3.8, 4) is 11.5 Å². The van der Waals surface area contributed by atoms with Crippen molar-refractivity contribution < 1.29 is 26.3 Å². The maximum absolute atomic E-state index is 12.9. The van der Waals surface area contributed by atoms with Gasteiger partial charge in [0, 0.05) is 26.2 Å². The zero-order valence-corrected chi connectivity index (χ0v) is 17.9. The SMILES string of the molecule is COc1ccc(S(=O)(=O)N2CCCN(S(=O)(=O)c3ccc(OC)cc3)CC2)cc1. The third-order valence-electron chi connectivity index (χ3n) is 4.81. The van der Waals surface area contributed by atoms with E-state index in [2.05, 4.69) is 0 Å². The third-order valence-corrected chi connectivity index (χ3v) is 8.63. The first-order chi connectivity index (χ1) is 13.8. The summed E-state index contributed by atoms with van der Waals surface area (Å²) in [7, 11) is -4.41. The molecule has 2 aromatic carbocycles. The van der Waals surface area contributed by atoms with E-state index in [1.807, 2.05) is 0 Å². The van der Waals surface area contributed by atoms with E-state index in [9.17, 15) is 16.8 Å². The molecule has 0 atom stereocenters. The van der Waals surface area contributed by atoms with Gasteiger partial charge >= 0.3 is 0 Å². The zero-order valence-electron chi connectivity index (χ0n) is 16.3. The van der Waals surface area contributed by atoms with Crippen molar-refractivity contribution in [1.29, 1.82) is 0 Å². The second kappa shape index (κ2) is 8.70. The van der Waals surface area contributed by atoms with Gasteiger partial charge in [-0.3, -0.25) is 0 Å². The lowest BCUT2D eigenvalue weighted by Crippen LogP contribution is -2.37. The van der Waals surface area contributed by atoms with E-state index in [4.69, 9.17) is 9.47 Å². The number of methoxy groups -OCH3 is 2. The number of ether oxygens (including phenoxy) is 2. The summed E-state index contributed by atoms with van der Waals surface area (Å²) in [6.07, 6.45) is 0.408. The average Bonchev–Trinajstić information content (AvgIpc) is 3.01. The molecule has 1 fully saturated rings. The Bertz CT molecular complexity index is 950. The summed E-state index contributed by atoms with van der Waals surface area (Å²) in [6, 6.07) is 12.3. The molecule has 0 radical (unpaired) electrons. The fourth-order valence-electron chi connectivity index (χ4n) is 3.14. The Morgan fingerprint density at radius 1 is 0.621 bits per heavy atom. The quantitative estimate of drug-likeness (QED) is 0.680. The van der Waals surface area contributed by atoms with Crippen molar-refractivity contribution in [2.45, 2.75) is 16.2 Å². The highest BCUT2D eigenvalue weighted by Gasteiger charge is 2.31. The van der Waals surface area contributed by atoms with E-state index in [-0.39, 0.29) is 36.0 Å². The van der Waals surface area contributed by atoms with Crippen LogP contribution in [0.25, 0.3) is 0 Å². The smallest absolute Gasteiger partial charge is 0.243 e. The topological polar surface area (TPSA) is 93.2 Å². The molecule has 0 spiro atoms. The van der Waals surface area contributed by atoms with Crippen LogP contribution in [0.4, 0.5) is 0 Å². The first-order valence-electron chi connectivity index (χ1n) is 9.07. The normalized spacial score (nSPS) is 16.9. The van der Waals surface area contributed by atoms with Gasteiger partial charge in [-0.25, -0.2) is 16.8 Å². The second-order valence-electron chi connectivity index (χ2n) is 6.51. The molecule has 0 N–H and O–H groups in total. The van der Waals surface area contributed by atoms with Crippen molar-refractivity contribution >= 4 is 20.0 Å². The Balaban J connectivity index is 1.76. The maximum Gasteiger partial charge on any atom is 0.243 e. The summed E-state index contributed by atoms with van der Waals surface area (Å²) < 4.78 is 64.6. The molecule has 10 heteroatoms. The Kier molecular flexibility index (Phi) is 6.47. The maximum atomic E-state index is 12.9. The Morgan fingerprint density at radius 3 is 1.28 bits per heavy atom. The van der Waals surface area contributed by atoms with Crippen LogP contribution in [0.2, 0.25) is 0 Å². The van der Waals surface area contributed by atoms with Crippen LogP contribution in [-0.4, -0.2) is 65.8 Å². The average molecular weight is 441 g/mol. The van der Waals surface area contributed by atoms with Crippen LogP contribution in [0.3, 0.4) is 0 Å². The molecule has 3 rings (SSSR count). The van der Waals surface area contributed by atoms with E-state index >= 15 is 0 Å². The largest absolute Gasteiger partial charge is 0.497 e. The molecule has 29 heavy (non-hydrogen) atoms. The molecule has 0 saturated carbocycles. The fraction of sp³-hybridized carbons (Fsp3) is 0.368. The molecule has 0 aromatic heterocycles. The minimum absolute atomic E-state index is 0.0871. The van der Waals surface area contributed by atoms with E-state index < -0.39 is 20.0 Å². The molecular weight excluding hydrogens is 416 g/mol. The predicted molar refractivity (Wildman–Crippen MR) is 108 cm³/mol. The number of rotatable bonds is 6. The lowest BCUT2D eigenvalue weighted by atomic mass is 10.3. The van der Waals surface area contributed by atoms with Crippen LogP contribution < -0.4 is 9.47 Å². The van der Waals surface area contributed by atoms with Crippen LogP contribution in [-0.2, 0) is 20.0 Å². The molecule has 1 heterocycles. The number of hydrogen-bond donors (Lipinski definition) is 0. The van der Waals surface area contributed by atoms with Gasteiger partial charge in [0.25, 0.3) is 0 Å². The Labute approximate surface area is 171 Å². The highest BCUT2D eigenvalue weighted by molar-refractivity contribution is 7.89. The van der Waals surface area contributed by atoms with Crippen molar-refractivity contribution in [1.82, 2.24) is 8.61 Å². The molecule has 0 aliphatic carbocycles. The molecule has 1 aliphatic rings. The summed E-state index contributed by atoms with van der Waals surface area (Å²) in [6.45, 7) is 0.680. The summed E-state index contributed by atoms with van der Waals surface area (Å²) in [5, 5.41) is 0. The van der Waals surface area contributed by atoms with Gasteiger partial charge < -0.3 is 9.47 Å². The van der Waals surface area contributed by atoms with Gasteiger partial charge in [0.2, 0.25) is 20.0 Å². The molecule has 0 unspecified atom stereocenters. The van der Waals surface area contributed by atoms with Crippen molar-refractivity contribution in [3.63, 3.8) is 0 Å². The molecular formula is C19H24N2O6S2. The number of benzene rings is 2. The predicted octanol–water partition coefficient (Wildman–Crippen LogP) is 1.79. The first-order valence-corrected chi connectivity index (χ1v) is 12.0. The molecule has 2 aromatic rings. The van der Waals surface area contributed by atoms with Crippen LogP contribution in [0.1, 0.15) is 6.42 Å². The highest BCUT2D eigenvalue weighted by Crippen LogP contribution is 2.24. The number of sulfonamides is 2. The molecule has 0 amide bonds. The summed E-state index contributed by atoms with van der Waals surface area (Å²) in [5.74, 6) is 1.13. The van der Waals surface area contributed by atoms with Crippen LogP contribution in [0, 0.1) is 0 Å². The van der Waals surface area contributed by atoms with Gasteiger partial charge in [-0.1, -0.05) is 0 Å². The van der Waals surface area contributed by atoms with Gasteiger partial charge in [0.05, 0.1) is 24.0 Å². The number of hydrogen-bond acceptors (Lipinski definition) is 6. The summed E-state index contributed by atoms with van der Waals surface area (Å²) >= 11 is 0. The van der Waals surface area contributed by atoms with Crippen LogP contribution >= 0.6 is 0 Å². The number of nitrogens with zero attached hydrogens (tertiary/aromatic N) is 2. The van der Waals surface area contributed by atoms with E-state index in [1.54, 1.807) is 24.3 Å². The van der Waals surface area contributed by atoms with Crippen molar-refractivity contribution in [2.75, 3.05) is 40.4 Å². The lowest BCUT2D eigenvalue weighted by Gasteiger charge is -2.22. The molecule has 8 nitrogen and oxygen atoms in total. The van der Waals surface area contributed by atoms with Gasteiger partial charge in [0.1, 0.15) is 11.5 Å². The van der Waals surface area contributed by atoms with E-state index in [0.717, 1.165) is 0 Å². The van der Waals surface area contributed by atoms with Gasteiger partial charge in [-0.15, -0.1) is 0 Å². The second-order valence-corrected chi connectivity index (χ2v) is 10.4. The van der Waals surface area contributed by atoms with Crippen molar-refractivity contribution in [3.05, 3.63) is 48.5 Å². The van der Waals surface area contributed by atoms with Gasteiger partial charge in [0.15, 0.2) is 0 Å². The fourth-order valence-corrected chi connectivity index (χ4v) is 6.08. The Morgan fingerprint density at radius 2 is 0.966 bits per heavy atom. The van der Waals surface area contributed by atoms with Crippen molar-refractivity contribution in [2.24, 2.45) is 0 Å². The zero-order chi connectivity index (χ0) is 21.1. The molecule has 0 bridgehead atoms. The van der Waals surface area contributed by atoms with E-state index in [1.165, 1.54) is 47.1 Å². The first kappa shape index (κ1) is 21.6. The molecule has 158 valence electrons. The lowest BCUT2D eigenvalue weighted by molar-refractivity contribution is 0.403.